The Morgan fingerprint density at radius 2 is 1.97 bits per heavy atom. The first-order valence-corrected chi connectivity index (χ1v) is 13.1. The third-order valence-electron chi connectivity index (χ3n) is 7.71. The minimum absolute atomic E-state index is 0.0213. The topological polar surface area (TPSA) is 108 Å². The summed E-state index contributed by atoms with van der Waals surface area (Å²) in [5, 5.41) is 10.4. The van der Waals surface area contributed by atoms with Crippen molar-refractivity contribution >= 4 is 22.8 Å². The number of hydrogen-bond donors (Lipinski definition) is 2. The molecular formula is C26H27ClFN3O6. The van der Waals surface area contributed by atoms with E-state index < -0.39 is 6.10 Å². The van der Waals surface area contributed by atoms with Crippen LogP contribution in [0.15, 0.2) is 18.2 Å². The second-order valence-electron chi connectivity index (χ2n) is 10.2. The number of imidazole rings is 1. The lowest BCUT2D eigenvalue weighted by molar-refractivity contribution is 0.00706. The van der Waals surface area contributed by atoms with Gasteiger partial charge in [0.2, 0.25) is 0 Å². The summed E-state index contributed by atoms with van der Waals surface area (Å²) in [5.41, 5.74) is 3.47. The van der Waals surface area contributed by atoms with Crippen LogP contribution in [0.2, 0.25) is 5.02 Å². The molecule has 0 bridgehead atoms. The van der Waals surface area contributed by atoms with E-state index in [1.54, 1.807) is 6.07 Å². The van der Waals surface area contributed by atoms with Gasteiger partial charge in [-0.2, -0.15) is 4.98 Å². The molecule has 7 rings (SSSR count). The Balaban J connectivity index is 1.08. The average Bonchev–Trinajstić information content (AvgIpc) is 3.67. The number of fused-ring (bicyclic) bond motifs is 3. The number of ether oxygens (including phenoxy) is 5. The third kappa shape index (κ3) is 4.34. The molecule has 1 aliphatic carbocycles. The molecule has 3 aromatic rings. The molecule has 3 aliphatic heterocycles. The van der Waals surface area contributed by atoms with Crippen molar-refractivity contribution in [2.24, 2.45) is 0 Å². The molecule has 2 aromatic heterocycles. The number of aliphatic hydroxyl groups is 1. The molecule has 4 aliphatic rings. The number of aryl methyl sites for hydroxylation is 1. The van der Waals surface area contributed by atoms with Gasteiger partial charge in [0.15, 0.2) is 11.8 Å². The lowest BCUT2D eigenvalue weighted by atomic mass is 9.95. The van der Waals surface area contributed by atoms with Crippen molar-refractivity contribution in [3.8, 4) is 11.8 Å². The molecule has 196 valence electrons. The maximum atomic E-state index is 15.2. The van der Waals surface area contributed by atoms with Crippen molar-refractivity contribution < 1.29 is 33.2 Å². The van der Waals surface area contributed by atoms with Crippen LogP contribution in [-0.2, 0) is 27.1 Å². The van der Waals surface area contributed by atoms with Gasteiger partial charge in [-0.1, -0.05) is 11.6 Å². The second kappa shape index (κ2) is 9.36. The van der Waals surface area contributed by atoms with Crippen LogP contribution < -0.4 is 9.47 Å². The van der Waals surface area contributed by atoms with E-state index in [2.05, 4.69) is 15.0 Å². The number of benzene rings is 1. The van der Waals surface area contributed by atoms with Gasteiger partial charge >= 0.3 is 0 Å². The SMILES string of the molecule is O[C@@H]1CO[C@H]2[C@@H]1OC[C@H]2Oc1nc2nc(CC3CCc4cc(O[C@H]5CCOC5)cc(F)c43)c(Cl)cc2[nH]1. The van der Waals surface area contributed by atoms with Crippen molar-refractivity contribution in [2.45, 2.75) is 62.1 Å². The summed E-state index contributed by atoms with van der Waals surface area (Å²) in [4.78, 5) is 12.3. The highest BCUT2D eigenvalue weighted by molar-refractivity contribution is 6.31. The van der Waals surface area contributed by atoms with Crippen LogP contribution in [0.4, 0.5) is 4.39 Å². The number of H-pyrrole nitrogens is 1. The van der Waals surface area contributed by atoms with Crippen LogP contribution in [0.25, 0.3) is 11.2 Å². The van der Waals surface area contributed by atoms with E-state index in [-0.39, 0.29) is 48.8 Å². The number of nitrogens with zero attached hydrogens (tertiary/aromatic N) is 2. The van der Waals surface area contributed by atoms with E-state index in [4.69, 9.17) is 35.3 Å². The number of aromatic nitrogens is 3. The number of nitrogens with one attached hydrogen (secondary N) is 1. The summed E-state index contributed by atoms with van der Waals surface area (Å²) < 4.78 is 43.7. The predicted octanol–water partition coefficient (Wildman–Crippen LogP) is 3.10. The largest absolute Gasteiger partial charge is 0.488 e. The third-order valence-corrected chi connectivity index (χ3v) is 8.04. The highest BCUT2D eigenvalue weighted by atomic mass is 35.5. The van der Waals surface area contributed by atoms with Crippen molar-refractivity contribution in [3.63, 3.8) is 0 Å². The molecule has 37 heavy (non-hydrogen) atoms. The van der Waals surface area contributed by atoms with Gasteiger partial charge in [0.1, 0.15) is 36.0 Å². The molecule has 3 saturated heterocycles. The van der Waals surface area contributed by atoms with Gasteiger partial charge < -0.3 is 33.8 Å². The fourth-order valence-corrected chi connectivity index (χ4v) is 6.14. The predicted molar refractivity (Wildman–Crippen MR) is 130 cm³/mol. The van der Waals surface area contributed by atoms with E-state index in [1.165, 1.54) is 6.07 Å². The first-order chi connectivity index (χ1) is 18.0. The highest BCUT2D eigenvalue weighted by Gasteiger charge is 2.48. The van der Waals surface area contributed by atoms with Gasteiger partial charge in [-0.15, -0.1) is 0 Å². The molecule has 11 heteroatoms. The Kier molecular flexibility index (Phi) is 5.97. The minimum atomic E-state index is -0.649. The van der Waals surface area contributed by atoms with Gasteiger partial charge in [-0.05, 0) is 48.4 Å². The second-order valence-corrected chi connectivity index (χ2v) is 10.6. The smallest absolute Gasteiger partial charge is 0.296 e. The lowest BCUT2D eigenvalue weighted by Gasteiger charge is -2.16. The zero-order chi connectivity index (χ0) is 25.1. The Bertz CT molecular complexity index is 1330. The number of halogens is 2. The first kappa shape index (κ1) is 23.6. The van der Waals surface area contributed by atoms with Crippen molar-refractivity contribution in [2.75, 3.05) is 26.4 Å². The average molecular weight is 532 g/mol. The Hall–Kier alpha value is -2.50. The van der Waals surface area contributed by atoms with Gasteiger partial charge in [0.25, 0.3) is 6.01 Å². The molecule has 0 amide bonds. The molecule has 1 unspecified atom stereocenters. The van der Waals surface area contributed by atoms with Gasteiger partial charge in [-0.25, -0.2) is 9.37 Å². The van der Waals surface area contributed by atoms with Crippen LogP contribution in [0, 0.1) is 5.82 Å². The fourth-order valence-electron chi connectivity index (χ4n) is 5.91. The molecule has 5 heterocycles. The summed E-state index contributed by atoms with van der Waals surface area (Å²) >= 11 is 6.59. The normalized spacial score (nSPS) is 30.7. The number of aromatic amines is 1. The molecule has 2 N–H and O–H groups in total. The van der Waals surface area contributed by atoms with Gasteiger partial charge in [0, 0.05) is 12.5 Å². The molecule has 6 atom stereocenters. The molecule has 0 spiro atoms. The first-order valence-electron chi connectivity index (χ1n) is 12.7. The fraction of sp³-hybridized carbons (Fsp3) is 0.538. The van der Waals surface area contributed by atoms with Crippen LogP contribution in [0.3, 0.4) is 0 Å². The van der Waals surface area contributed by atoms with Gasteiger partial charge in [-0.3, -0.25) is 0 Å². The summed E-state index contributed by atoms with van der Waals surface area (Å²) in [7, 11) is 0. The number of hydrogen-bond acceptors (Lipinski definition) is 8. The molecule has 3 fully saturated rings. The Morgan fingerprint density at radius 1 is 1.08 bits per heavy atom. The van der Waals surface area contributed by atoms with Gasteiger partial charge in [0.05, 0.1) is 42.7 Å². The highest BCUT2D eigenvalue weighted by Crippen LogP contribution is 2.40. The van der Waals surface area contributed by atoms with Crippen LogP contribution in [-0.4, -0.2) is 77.0 Å². The van der Waals surface area contributed by atoms with Crippen LogP contribution in [0.5, 0.6) is 11.8 Å². The van der Waals surface area contributed by atoms with E-state index >= 15 is 4.39 Å². The lowest BCUT2D eigenvalue weighted by Crippen LogP contribution is -2.34. The quantitative estimate of drug-likeness (QED) is 0.499. The standard InChI is InChI=1S/C26H27ClFN3O6/c27-16-8-19-25(31-26(30-19)37-21-11-35-23-20(32)10-34-24(21)23)29-18(16)6-13-2-1-12-5-15(7-17(28)22(12)13)36-14-3-4-33-9-14/h5,7-8,13-14,20-21,23-24,32H,1-4,6,9-11H2,(H,29,30,31)/t13?,14-,20+,21+,23+,24+/m0/s1. The summed E-state index contributed by atoms with van der Waals surface area (Å²) in [6.07, 6.45) is 1.13. The molecule has 1 aromatic carbocycles. The number of aliphatic hydroxyl groups excluding tert-OH is 1. The van der Waals surface area contributed by atoms with Crippen molar-refractivity contribution in [1.82, 2.24) is 15.0 Å². The van der Waals surface area contributed by atoms with Crippen LogP contribution >= 0.6 is 11.6 Å². The zero-order valence-electron chi connectivity index (χ0n) is 20.0. The maximum Gasteiger partial charge on any atom is 0.296 e. The van der Waals surface area contributed by atoms with Crippen molar-refractivity contribution in [1.29, 1.82) is 0 Å². The molecule has 0 radical (unpaired) electrons. The zero-order valence-corrected chi connectivity index (χ0v) is 20.7. The number of rotatable bonds is 6. The summed E-state index contributed by atoms with van der Waals surface area (Å²) in [6, 6.07) is 5.49. The van der Waals surface area contributed by atoms with E-state index in [9.17, 15) is 5.11 Å². The van der Waals surface area contributed by atoms with Crippen molar-refractivity contribution in [3.05, 3.63) is 45.9 Å². The Labute approximate surface area is 217 Å². The summed E-state index contributed by atoms with van der Waals surface area (Å²) in [5.74, 6) is 0.276. The molecule has 0 saturated carbocycles. The number of pyridine rings is 1. The van der Waals surface area contributed by atoms with E-state index in [1.807, 2.05) is 6.07 Å². The molecular weight excluding hydrogens is 505 g/mol. The summed E-state index contributed by atoms with van der Waals surface area (Å²) in [6.45, 7) is 1.75. The maximum absolute atomic E-state index is 15.2. The minimum Gasteiger partial charge on any atom is -0.488 e. The van der Waals surface area contributed by atoms with E-state index in [0.29, 0.717) is 59.4 Å². The Morgan fingerprint density at radius 3 is 2.84 bits per heavy atom. The molecule has 9 nitrogen and oxygen atoms in total. The van der Waals surface area contributed by atoms with Crippen LogP contribution in [0.1, 0.15) is 35.6 Å². The van der Waals surface area contributed by atoms with E-state index in [0.717, 1.165) is 24.8 Å². The monoisotopic (exact) mass is 531 g/mol.